The minimum absolute atomic E-state index is 0.00983. The predicted molar refractivity (Wildman–Crippen MR) is 146 cm³/mol. The lowest BCUT2D eigenvalue weighted by Crippen LogP contribution is -2.53. The van der Waals surface area contributed by atoms with Crippen molar-refractivity contribution in [2.45, 2.75) is 25.4 Å². The van der Waals surface area contributed by atoms with Gasteiger partial charge in [0.1, 0.15) is 0 Å². The number of amides is 1. The fourth-order valence-electron chi connectivity index (χ4n) is 4.43. The van der Waals surface area contributed by atoms with Crippen molar-refractivity contribution in [3.05, 3.63) is 127 Å². The van der Waals surface area contributed by atoms with Gasteiger partial charge in [0, 0.05) is 35.4 Å². The molecule has 10 nitrogen and oxygen atoms in total. The molecule has 0 aliphatic carbocycles. The van der Waals surface area contributed by atoms with E-state index in [9.17, 15) is 29.8 Å². The average Bonchev–Trinajstić information content (AvgIpc) is 2.93. The molecule has 3 aromatic carbocycles. The number of nitro groups is 2. The number of nitro benzene ring substituents is 2. The molecule has 1 heterocycles. The zero-order valence-electron chi connectivity index (χ0n) is 21.1. The van der Waals surface area contributed by atoms with E-state index in [0.717, 1.165) is 5.56 Å². The van der Waals surface area contributed by atoms with Crippen molar-refractivity contribution >= 4 is 35.2 Å². The molecule has 1 aliphatic heterocycles. The molecule has 39 heavy (non-hydrogen) atoms. The summed E-state index contributed by atoms with van der Waals surface area (Å²) in [5.41, 5.74) is 8.83. The molecule has 0 bridgehead atoms. The van der Waals surface area contributed by atoms with E-state index in [2.05, 4.69) is 0 Å². The Morgan fingerprint density at radius 1 is 0.923 bits per heavy atom. The summed E-state index contributed by atoms with van der Waals surface area (Å²) in [6, 6.07) is 19.4. The quantitative estimate of drug-likeness (QED) is 0.273. The summed E-state index contributed by atoms with van der Waals surface area (Å²) < 4.78 is 0. The minimum Gasteiger partial charge on any atom is -0.330 e. The van der Waals surface area contributed by atoms with Gasteiger partial charge in [0.25, 0.3) is 11.4 Å². The van der Waals surface area contributed by atoms with Gasteiger partial charge in [-0.25, -0.2) is 0 Å². The third kappa shape index (κ3) is 6.31. The van der Waals surface area contributed by atoms with E-state index < -0.39 is 21.9 Å². The highest BCUT2D eigenvalue weighted by molar-refractivity contribution is 6.16. The molecular weight excluding hydrogens is 500 g/mol. The lowest BCUT2D eigenvalue weighted by atomic mass is 9.88. The van der Waals surface area contributed by atoms with Crippen molar-refractivity contribution in [1.82, 2.24) is 4.90 Å². The maximum atomic E-state index is 13.6. The van der Waals surface area contributed by atoms with Crippen LogP contribution in [-0.2, 0) is 16.0 Å². The van der Waals surface area contributed by atoms with E-state index in [1.54, 1.807) is 24.0 Å². The number of Topliss-reactive ketones (excluding diaryl/α,β-unsaturated/α-hetero) is 1. The molecule has 1 aliphatic rings. The second kappa shape index (κ2) is 11.6. The number of benzene rings is 3. The lowest BCUT2D eigenvalue weighted by molar-refractivity contribution is -0.385. The highest BCUT2D eigenvalue weighted by Crippen LogP contribution is 2.29. The molecule has 3 aromatic rings. The average molecular weight is 527 g/mol. The Balaban J connectivity index is 1.70. The topological polar surface area (TPSA) is 150 Å². The SMILES string of the molecule is C[C@@H]1/C(=C\c2ccc([N+](=O)[O-])cc2)C(=O)/C(=C/c2ccc([N+](=O)[O-])cc2)CN1C(=O)[C@@H](N)Cc1ccccc1. The summed E-state index contributed by atoms with van der Waals surface area (Å²) in [4.78, 5) is 49.7. The zero-order valence-corrected chi connectivity index (χ0v) is 21.1. The molecule has 0 saturated carbocycles. The summed E-state index contributed by atoms with van der Waals surface area (Å²) in [6.45, 7) is 1.75. The molecule has 10 heteroatoms. The van der Waals surface area contributed by atoms with E-state index in [1.165, 1.54) is 48.5 Å². The van der Waals surface area contributed by atoms with Crippen LogP contribution in [-0.4, -0.2) is 45.1 Å². The molecule has 4 rings (SSSR count). The molecule has 2 N–H and O–H groups in total. The standard InChI is InChI=1S/C29H26N4O6/c1-19-26(16-22-9-13-25(14-10-22)33(38)39)28(34)23(15-21-7-11-24(12-8-21)32(36)37)18-31(19)29(35)27(30)17-20-5-3-2-4-6-20/h2-16,19,27H,17-18,30H2,1H3/b23-15+,26-16+/t19-,27+/m1/s1. The van der Waals surface area contributed by atoms with E-state index in [1.807, 2.05) is 30.3 Å². The largest absolute Gasteiger partial charge is 0.330 e. The zero-order chi connectivity index (χ0) is 28.1. The first-order valence-electron chi connectivity index (χ1n) is 12.2. The first-order chi connectivity index (χ1) is 18.6. The number of hydrogen-bond acceptors (Lipinski definition) is 7. The Morgan fingerprint density at radius 2 is 1.44 bits per heavy atom. The van der Waals surface area contributed by atoms with Crippen LogP contribution in [0.1, 0.15) is 23.6 Å². The maximum absolute atomic E-state index is 13.6. The second-order valence-corrected chi connectivity index (χ2v) is 9.23. The number of non-ortho nitro benzene ring substituents is 2. The Hall–Kier alpha value is -4.96. The van der Waals surface area contributed by atoms with Gasteiger partial charge < -0.3 is 10.6 Å². The number of nitrogens with zero attached hydrogens (tertiary/aromatic N) is 3. The fraction of sp³-hybridized carbons (Fsp3) is 0.172. The first-order valence-corrected chi connectivity index (χ1v) is 12.2. The lowest BCUT2D eigenvalue weighted by Gasteiger charge is -2.37. The van der Waals surface area contributed by atoms with Crippen LogP contribution in [0, 0.1) is 20.2 Å². The first kappa shape index (κ1) is 27.1. The number of carbonyl (C=O) groups is 2. The summed E-state index contributed by atoms with van der Waals surface area (Å²) in [5, 5.41) is 22.0. The van der Waals surface area contributed by atoms with Crippen LogP contribution in [0.3, 0.4) is 0 Å². The van der Waals surface area contributed by atoms with Crippen molar-refractivity contribution in [2.75, 3.05) is 6.54 Å². The molecule has 0 unspecified atom stereocenters. The number of rotatable bonds is 7. The van der Waals surface area contributed by atoms with Gasteiger partial charge in [0.2, 0.25) is 5.91 Å². The smallest absolute Gasteiger partial charge is 0.269 e. The fourth-order valence-corrected chi connectivity index (χ4v) is 4.43. The molecule has 1 saturated heterocycles. The van der Waals surface area contributed by atoms with Gasteiger partial charge in [-0.1, -0.05) is 30.3 Å². The van der Waals surface area contributed by atoms with Gasteiger partial charge in [-0.3, -0.25) is 29.8 Å². The van der Waals surface area contributed by atoms with Gasteiger partial charge in [-0.2, -0.15) is 0 Å². The van der Waals surface area contributed by atoms with E-state index in [-0.39, 0.29) is 29.6 Å². The van der Waals surface area contributed by atoms with Crippen molar-refractivity contribution in [2.24, 2.45) is 5.73 Å². The van der Waals surface area contributed by atoms with Crippen LogP contribution in [0.5, 0.6) is 0 Å². The monoisotopic (exact) mass is 526 g/mol. The van der Waals surface area contributed by atoms with Crippen molar-refractivity contribution in [1.29, 1.82) is 0 Å². The molecule has 1 amide bonds. The van der Waals surface area contributed by atoms with Gasteiger partial charge in [0.05, 0.1) is 28.5 Å². The molecule has 198 valence electrons. The Labute approximate surface area is 224 Å². The van der Waals surface area contributed by atoms with Crippen LogP contribution < -0.4 is 5.73 Å². The third-order valence-electron chi connectivity index (χ3n) is 6.58. The number of ketones is 1. The summed E-state index contributed by atoms with van der Waals surface area (Å²) in [7, 11) is 0. The van der Waals surface area contributed by atoms with Crippen molar-refractivity contribution < 1.29 is 19.4 Å². The van der Waals surface area contributed by atoms with Crippen LogP contribution in [0.15, 0.2) is 90.0 Å². The minimum atomic E-state index is -0.843. The molecule has 1 fully saturated rings. The van der Waals surface area contributed by atoms with Crippen molar-refractivity contribution in [3.8, 4) is 0 Å². The summed E-state index contributed by atoms with van der Waals surface area (Å²) in [5.74, 6) is -0.622. The Morgan fingerprint density at radius 3 is 1.95 bits per heavy atom. The Kier molecular flexibility index (Phi) is 8.07. The van der Waals surface area contributed by atoms with Gasteiger partial charge in [-0.15, -0.1) is 0 Å². The van der Waals surface area contributed by atoms with Crippen molar-refractivity contribution in [3.63, 3.8) is 0 Å². The van der Waals surface area contributed by atoms with Gasteiger partial charge in [0.15, 0.2) is 5.78 Å². The highest BCUT2D eigenvalue weighted by atomic mass is 16.6. The molecule has 0 spiro atoms. The van der Waals surface area contributed by atoms with Crippen LogP contribution in [0.25, 0.3) is 12.2 Å². The van der Waals surface area contributed by atoms with Crippen LogP contribution in [0.2, 0.25) is 0 Å². The summed E-state index contributed by atoms with van der Waals surface area (Å²) >= 11 is 0. The number of likely N-dealkylation sites (tertiary alicyclic amines) is 1. The number of nitrogens with two attached hydrogens (primary N) is 1. The second-order valence-electron chi connectivity index (χ2n) is 9.23. The summed E-state index contributed by atoms with van der Waals surface area (Å²) in [6.07, 6.45) is 3.53. The van der Waals surface area contributed by atoms with E-state index in [0.29, 0.717) is 28.7 Å². The number of hydrogen-bond donors (Lipinski definition) is 1. The molecular formula is C29H26N4O6. The van der Waals surface area contributed by atoms with Crippen LogP contribution in [0.4, 0.5) is 11.4 Å². The maximum Gasteiger partial charge on any atom is 0.269 e. The predicted octanol–water partition coefficient (Wildman–Crippen LogP) is 4.34. The van der Waals surface area contributed by atoms with Gasteiger partial charge in [-0.05, 0) is 66.5 Å². The van der Waals surface area contributed by atoms with E-state index >= 15 is 0 Å². The number of piperidine rings is 1. The van der Waals surface area contributed by atoms with Crippen LogP contribution >= 0.6 is 0 Å². The third-order valence-corrected chi connectivity index (χ3v) is 6.58. The highest BCUT2D eigenvalue weighted by Gasteiger charge is 2.36. The molecule has 0 aromatic heterocycles. The van der Waals surface area contributed by atoms with Gasteiger partial charge >= 0.3 is 0 Å². The number of carbonyl (C=O) groups excluding carboxylic acids is 2. The Bertz CT molecular complexity index is 1460. The normalized spacial score (nSPS) is 18.3. The molecule has 2 atom stereocenters. The molecule has 0 radical (unpaired) electrons. The van der Waals surface area contributed by atoms with E-state index in [4.69, 9.17) is 5.73 Å².